The van der Waals surface area contributed by atoms with Gasteiger partial charge in [0, 0.05) is 32.8 Å². The van der Waals surface area contributed by atoms with Crippen LogP contribution < -0.4 is 21.9 Å². The molecule has 10 heteroatoms. The second-order valence-corrected chi connectivity index (χ2v) is 12.4. The minimum atomic E-state index is -0.408. The van der Waals surface area contributed by atoms with E-state index in [0.717, 1.165) is 43.7 Å². The van der Waals surface area contributed by atoms with Crippen molar-refractivity contribution in [2.24, 2.45) is 0 Å². The molecule has 6 nitrogen and oxygen atoms in total. The fourth-order valence-electron chi connectivity index (χ4n) is 7.07. The van der Waals surface area contributed by atoms with E-state index < -0.39 is 5.75 Å². The first-order chi connectivity index (χ1) is 24.8. The van der Waals surface area contributed by atoms with Crippen molar-refractivity contribution in [2.75, 3.05) is 0 Å². The van der Waals surface area contributed by atoms with E-state index in [2.05, 4.69) is 0 Å². The SMILES string of the molecule is [B]c1c(O)c([B])c2c(-n3c4ccccc4c4ccccc43)c(O)c([B])c(-c3nc(-c4ccccc4)nc(-c4ccc5ccccc5c4)n3)c2c1[B]. The summed E-state index contributed by atoms with van der Waals surface area (Å²) in [6, 6.07) is 39.1. The van der Waals surface area contributed by atoms with E-state index in [9.17, 15) is 10.2 Å². The molecule has 9 rings (SSSR count). The van der Waals surface area contributed by atoms with E-state index in [4.69, 9.17) is 46.3 Å². The van der Waals surface area contributed by atoms with E-state index in [1.807, 2.05) is 126 Å². The summed E-state index contributed by atoms with van der Waals surface area (Å²) in [6.45, 7) is 0. The fourth-order valence-corrected chi connectivity index (χ4v) is 7.07. The Labute approximate surface area is 298 Å². The van der Waals surface area contributed by atoms with Crippen LogP contribution in [0.25, 0.3) is 83.2 Å². The van der Waals surface area contributed by atoms with Gasteiger partial charge in [0.25, 0.3) is 0 Å². The number of aromatic nitrogens is 4. The molecule has 2 heterocycles. The smallest absolute Gasteiger partial charge is 0.164 e. The fraction of sp³-hybridized carbons (Fsp3) is 0. The lowest BCUT2D eigenvalue weighted by atomic mass is 9.69. The molecule has 0 aliphatic rings. The second-order valence-electron chi connectivity index (χ2n) is 12.4. The zero-order valence-corrected chi connectivity index (χ0v) is 27.0. The van der Waals surface area contributed by atoms with Crippen molar-refractivity contribution in [1.29, 1.82) is 0 Å². The van der Waals surface area contributed by atoms with Crippen molar-refractivity contribution >= 4 is 96.6 Å². The molecule has 0 bridgehead atoms. The maximum atomic E-state index is 12.3. The van der Waals surface area contributed by atoms with Crippen LogP contribution in [-0.2, 0) is 0 Å². The minimum absolute atomic E-state index is 0.00865. The van der Waals surface area contributed by atoms with Gasteiger partial charge in [-0.3, -0.25) is 0 Å². The molecule has 2 N–H and O–H groups in total. The van der Waals surface area contributed by atoms with Gasteiger partial charge in [0.15, 0.2) is 17.5 Å². The summed E-state index contributed by atoms with van der Waals surface area (Å²) < 4.78 is 1.87. The molecule has 0 spiro atoms. The Hall–Kier alpha value is -6.27. The van der Waals surface area contributed by atoms with Crippen molar-refractivity contribution in [1.82, 2.24) is 19.5 Å². The third kappa shape index (κ3) is 4.67. The Morgan fingerprint density at radius 1 is 0.451 bits per heavy atom. The average Bonchev–Trinajstić information content (AvgIpc) is 3.51. The predicted octanol–water partition coefficient (Wildman–Crippen LogP) is 4.86. The van der Waals surface area contributed by atoms with E-state index >= 15 is 0 Å². The Balaban J connectivity index is 1.42. The Bertz CT molecular complexity index is 2840. The van der Waals surface area contributed by atoms with Crippen LogP contribution in [0.4, 0.5) is 0 Å². The van der Waals surface area contributed by atoms with Gasteiger partial charge in [-0.1, -0.05) is 114 Å². The number of benzene rings is 7. The van der Waals surface area contributed by atoms with Gasteiger partial charge in [0.1, 0.15) is 42.9 Å². The van der Waals surface area contributed by atoms with Crippen molar-refractivity contribution in [2.45, 2.75) is 0 Å². The monoisotopic (exact) mass is 646 g/mol. The highest BCUT2D eigenvalue weighted by molar-refractivity contribution is 6.60. The molecule has 230 valence electrons. The summed E-state index contributed by atoms with van der Waals surface area (Å²) in [7, 11) is 26.9. The predicted molar refractivity (Wildman–Crippen MR) is 210 cm³/mol. The van der Waals surface area contributed by atoms with Gasteiger partial charge >= 0.3 is 0 Å². The molecule has 0 saturated carbocycles. The number of phenolic OH excluding ortho intramolecular Hbond substituents is 2. The van der Waals surface area contributed by atoms with Crippen LogP contribution in [0.5, 0.6) is 11.5 Å². The highest BCUT2D eigenvalue weighted by Crippen LogP contribution is 2.40. The van der Waals surface area contributed by atoms with Crippen molar-refractivity contribution in [3.63, 3.8) is 0 Å². The molecule has 0 saturated heterocycles. The number of para-hydroxylation sites is 2. The van der Waals surface area contributed by atoms with Crippen LogP contribution >= 0.6 is 0 Å². The van der Waals surface area contributed by atoms with Gasteiger partial charge in [-0.2, -0.15) is 0 Å². The van der Waals surface area contributed by atoms with Crippen LogP contribution in [-0.4, -0.2) is 61.1 Å². The summed E-state index contributed by atoms with van der Waals surface area (Å²) >= 11 is 0. The second kappa shape index (κ2) is 11.7. The first kappa shape index (κ1) is 30.8. The van der Waals surface area contributed by atoms with Crippen molar-refractivity contribution in [3.05, 3.63) is 121 Å². The molecular formula is C41H22B4N4O2. The molecule has 0 atom stereocenters. The van der Waals surface area contributed by atoms with Gasteiger partial charge in [0.2, 0.25) is 0 Å². The summed E-state index contributed by atoms with van der Waals surface area (Å²) in [5.74, 6) is 0.180. The number of hydrogen-bond acceptors (Lipinski definition) is 5. The first-order valence-electron chi connectivity index (χ1n) is 16.2. The molecule has 9 aromatic rings. The summed E-state index contributed by atoms with van der Waals surface area (Å²) in [5.41, 5.74) is 3.21. The number of aromatic hydroxyl groups is 2. The average molecular weight is 646 g/mol. The molecule has 0 fully saturated rings. The zero-order chi connectivity index (χ0) is 35.0. The van der Waals surface area contributed by atoms with Crippen LogP contribution in [0.2, 0.25) is 0 Å². The molecular weight excluding hydrogens is 624 g/mol. The molecule has 0 unspecified atom stereocenters. The molecule has 0 aliphatic heterocycles. The normalized spacial score (nSPS) is 11.6. The van der Waals surface area contributed by atoms with Crippen LogP contribution in [0.1, 0.15) is 0 Å². The number of rotatable bonds is 4. The van der Waals surface area contributed by atoms with Crippen molar-refractivity contribution in [3.8, 4) is 51.3 Å². The summed E-state index contributed by atoms with van der Waals surface area (Å²) in [4.78, 5) is 14.7. The van der Waals surface area contributed by atoms with Gasteiger partial charge in [0.05, 0.1) is 16.7 Å². The molecule has 51 heavy (non-hydrogen) atoms. The Morgan fingerprint density at radius 3 is 1.71 bits per heavy atom. The lowest BCUT2D eigenvalue weighted by molar-refractivity contribution is 0.478. The van der Waals surface area contributed by atoms with Gasteiger partial charge < -0.3 is 14.8 Å². The highest BCUT2D eigenvalue weighted by Gasteiger charge is 2.27. The Morgan fingerprint density at radius 2 is 1.02 bits per heavy atom. The third-order valence-corrected chi connectivity index (χ3v) is 9.53. The van der Waals surface area contributed by atoms with Crippen molar-refractivity contribution < 1.29 is 10.2 Å². The maximum Gasteiger partial charge on any atom is 0.164 e. The lowest BCUT2D eigenvalue weighted by Crippen LogP contribution is -2.34. The third-order valence-electron chi connectivity index (χ3n) is 9.53. The largest absolute Gasteiger partial charge is 0.509 e. The Kier molecular flexibility index (Phi) is 7.04. The molecule has 7 aromatic carbocycles. The topological polar surface area (TPSA) is 84.1 Å². The van der Waals surface area contributed by atoms with Gasteiger partial charge in [-0.15, -0.1) is 0 Å². The van der Waals surface area contributed by atoms with E-state index in [0.29, 0.717) is 11.6 Å². The summed E-state index contributed by atoms with van der Waals surface area (Å²) in [5, 5.41) is 28.0. The highest BCUT2D eigenvalue weighted by atomic mass is 16.3. The summed E-state index contributed by atoms with van der Waals surface area (Å²) in [6.07, 6.45) is 0. The molecule has 0 amide bonds. The molecule has 0 aliphatic carbocycles. The van der Waals surface area contributed by atoms with Gasteiger partial charge in [-0.05, 0) is 45.3 Å². The number of fused-ring (bicyclic) bond motifs is 5. The van der Waals surface area contributed by atoms with E-state index in [1.165, 1.54) is 0 Å². The number of nitrogens with zero attached hydrogens (tertiary/aromatic N) is 4. The molecule has 2 aromatic heterocycles. The van der Waals surface area contributed by atoms with Crippen LogP contribution in [0, 0.1) is 0 Å². The number of hydrogen-bond donors (Lipinski definition) is 2. The van der Waals surface area contributed by atoms with E-state index in [-0.39, 0.29) is 55.4 Å². The van der Waals surface area contributed by atoms with Crippen LogP contribution in [0.3, 0.4) is 0 Å². The zero-order valence-electron chi connectivity index (χ0n) is 27.0. The first-order valence-corrected chi connectivity index (χ1v) is 16.2. The quantitative estimate of drug-likeness (QED) is 0.267. The van der Waals surface area contributed by atoms with E-state index in [1.54, 1.807) is 0 Å². The molecule has 8 radical (unpaired) electrons. The van der Waals surface area contributed by atoms with Crippen LogP contribution in [0.15, 0.2) is 121 Å². The van der Waals surface area contributed by atoms with Gasteiger partial charge in [-0.25, -0.2) is 15.0 Å². The number of phenols is 2. The standard InChI is InChI=1S/C41H22B4N4O2/c42-32-29-30(33(43)37(50)35(32)45)36(49-27-16-8-6-14-25(27)26-15-7-9-17-28(26)49)38(51)34(44)31(29)41-47-39(22-11-2-1-3-12-22)46-40(48-41)24-19-18-21-10-4-5-13-23(21)20-24/h1-20,50-51H. The minimum Gasteiger partial charge on any atom is -0.509 e. The maximum absolute atomic E-state index is 12.3. The lowest BCUT2D eigenvalue weighted by Gasteiger charge is -2.24.